The van der Waals surface area contributed by atoms with Gasteiger partial charge in [0.05, 0.1) is 33.3 Å². The largest absolute Gasteiger partial charge is 0.249 e. The molecule has 0 spiro atoms. The van der Waals surface area contributed by atoms with Crippen molar-refractivity contribution in [1.29, 1.82) is 0 Å². The van der Waals surface area contributed by atoms with E-state index in [0.29, 0.717) is 0 Å². The highest BCUT2D eigenvalue weighted by atomic mass is 32.1. The van der Waals surface area contributed by atoms with E-state index in [1.807, 2.05) is 22.7 Å². The van der Waals surface area contributed by atoms with Gasteiger partial charge in [0.15, 0.2) is 0 Å². The van der Waals surface area contributed by atoms with Crippen LogP contribution in [0, 0.1) is 55.4 Å². The summed E-state index contributed by atoms with van der Waals surface area (Å²) in [4.78, 5) is 15.6. The Bertz CT molecular complexity index is 3110. The Hall–Kier alpha value is -5.94. The third-order valence-electron chi connectivity index (χ3n) is 13.5. The van der Waals surface area contributed by atoms with Gasteiger partial charge in [-0.2, -0.15) is 0 Å². The van der Waals surface area contributed by atoms with Crippen LogP contribution in [0.1, 0.15) is 88.6 Å². The van der Waals surface area contributed by atoms with Crippen molar-refractivity contribution in [1.82, 2.24) is 9.97 Å². The molecule has 0 unspecified atom stereocenters. The molecule has 0 aliphatic heterocycles. The summed E-state index contributed by atoms with van der Waals surface area (Å²) < 4.78 is 0. The fourth-order valence-electron chi connectivity index (χ4n) is 10.3. The zero-order chi connectivity index (χ0) is 41.2. The first-order valence-electron chi connectivity index (χ1n) is 21.0. The van der Waals surface area contributed by atoms with Crippen molar-refractivity contribution in [3.05, 3.63) is 222 Å². The van der Waals surface area contributed by atoms with Crippen LogP contribution >= 0.6 is 22.7 Å². The Labute approximate surface area is 361 Å². The maximum Gasteiger partial charge on any atom is 0.0979 e. The summed E-state index contributed by atoms with van der Waals surface area (Å²) in [6.45, 7) is 17.3. The molecule has 0 amide bonds. The van der Waals surface area contributed by atoms with E-state index in [1.54, 1.807) is 0 Å². The molecule has 0 N–H and O–H groups in total. The molecule has 3 heterocycles. The summed E-state index contributed by atoms with van der Waals surface area (Å²) in [5.41, 5.74) is 23.4. The molecule has 4 heteroatoms. The predicted octanol–water partition coefficient (Wildman–Crippen LogP) is 14.6. The summed E-state index contributed by atoms with van der Waals surface area (Å²) in [6, 6.07) is 52.0. The van der Waals surface area contributed by atoms with Crippen LogP contribution in [0.4, 0.5) is 0 Å². The number of rotatable bonds is 5. The Kier molecular flexibility index (Phi) is 8.21. The lowest BCUT2D eigenvalue weighted by Gasteiger charge is -2.35. The highest BCUT2D eigenvalue weighted by Crippen LogP contribution is 2.65. The molecule has 2 nitrogen and oxygen atoms in total. The Morgan fingerprint density at radius 1 is 0.367 bits per heavy atom. The monoisotopic (exact) mass is 810 g/mol. The minimum Gasteiger partial charge on any atom is -0.249 e. The number of benzene rings is 6. The van der Waals surface area contributed by atoms with Crippen molar-refractivity contribution in [2.75, 3.05) is 0 Å². The molecule has 0 saturated carbocycles. The average molecular weight is 811 g/mol. The molecular weight excluding hydrogens is 765 g/mol. The van der Waals surface area contributed by atoms with E-state index in [0.717, 1.165) is 33.5 Å². The first-order valence-corrected chi connectivity index (χ1v) is 22.6. The molecule has 0 saturated heterocycles. The van der Waals surface area contributed by atoms with E-state index >= 15 is 0 Å². The summed E-state index contributed by atoms with van der Waals surface area (Å²) in [5.74, 6) is 0. The van der Waals surface area contributed by atoms with E-state index in [2.05, 4.69) is 189 Å². The Morgan fingerprint density at radius 2 is 0.767 bits per heavy atom. The standard InChI is InChI=1S/C56H46N2S2/c1-31-9-18-39(19-10-31)55(40-20-11-32(2)12-21-40)46-29-45-47(28-44(46)53-48(55)27-36(6)59-53)56(41-22-13-33(3)14-23-41,42-24-15-34(4)16-25-42)49-30-50(60-54(45)49)43-26-17-35(5)51-52(43)58-38(8)37(7)57-51/h9-30H,1-8H3. The third-order valence-corrected chi connectivity index (χ3v) is 15.8. The molecule has 9 aromatic rings. The zero-order valence-electron chi connectivity index (χ0n) is 35.4. The smallest absolute Gasteiger partial charge is 0.0979 e. The number of fused-ring (bicyclic) bond motifs is 7. The Balaban J connectivity index is 1.29. The van der Waals surface area contributed by atoms with E-state index in [-0.39, 0.29) is 0 Å². The molecule has 3 aromatic heterocycles. The number of aryl methyl sites for hydroxylation is 8. The molecule has 0 bridgehead atoms. The van der Waals surface area contributed by atoms with Crippen LogP contribution in [0.2, 0.25) is 0 Å². The van der Waals surface area contributed by atoms with Gasteiger partial charge in [0, 0.05) is 25.1 Å². The van der Waals surface area contributed by atoms with E-state index in [4.69, 9.17) is 9.97 Å². The first-order chi connectivity index (χ1) is 29.0. The number of hydrogen-bond donors (Lipinski definition) is 0. The second-order valence-electron chi connectivity index (χ2n) is 17.4. The summed E-state index contributed by atoms with van der Waals surface area (Å²) >= 11 is 3.85. The van der Waals surface area contributed by atoms with Crippen LogP contribution in [-0.4, -0.2) is 9.97 Å². The summed E-state index contributed by atoms with van der Waals surface area (Å²) in [7, 11) is 0. The quantitative estimate of drug-likeness (QED) is 0.173. The molecule has 2 aliphatic carbocycles. The topological polar surface area (TPSA) is 25.8 Å². The van der Waals surface area contributed by atoms with Crippen molar-refractivity contribution in [2.45, 2.75) is 66.2 Å². The van der Waals surface area contributed by atoms with Crippen LogP contribution in [0.25, 0.3) is 42.4 Å². The first kappa shape index (κ1) is 37.1. The summed E-state index contributed by atoms with van der Waals surface area (Å²) in [5, 5.41) is 0. The lowest BCUT2D eigenvalue weighted by molar-refractivity contribution is 0.759. The van der Waals surface area contributed by atoms with Gasteiger partial charge in [0.25, 0.3) is 0 Å². The van der Waals surface area contributed by atoms with Gasteiger partial charge in [0.2, 0.25) is 0 Å². The molecule has 0 fully saturated rings. The highest BCUT2D eigenvalue weighted by molar-refractivity contribution is 7.19. The lowest BCUT2D eigenvalue weighted by Crippen LogP contribution is -2.30. The lowest BCUT2D eigenvalue weighted by atomic mass is 9.65. The Morgan fingerprint density at radius 3 is 1.22 bits per heavy atom. The predicted molar refractivity (Wildman–Crippen MR) is 253 cm³/mol. The number of thiophene rings is 2. The zero-order valence-corrected chi connectivity index (χ0v) is 37.0. The molecule has 11 rings (SSSR count). The van der Waals surface area contributed by atoms with Crippen LogP contribution < -0.4 is 0 Å². The van der Waals surface area contributed by atoms with Crippen molar-refractivity contribution in [3.8, 4) is 31.3 Å². The number of nitrogens with zero attached hydrogens (tertiary/aromatic N) is 2. The molecule has 292 valence electrons. The van der Waals surface area contributed by atoms with Crippen LogP contribution in [0.5, 0.6) is 0 Å². The molecule has 60 heavy (non-hydrogen) atoms. The van der Waals surface area contributed by atoms with E-state index in [1.165, 1.54) is 97.4 Å². The van der Waals surface area contributed by atoms with Gasteiger partial charge in [-0.3, -0.25) is 0 Å². The van der Waals surface area contributed by atoms with Gasteiger partial charge in [0.1, 0.15) is 0 Å². The minimum atomic E-state index is -0.556. The van der Waals surface area contributed by atoms with Gasteiger partial charge >= 0.3 is 0 Å². The van der Waals surface area contributed by atoms with Crippen LogP contribution in [-0.2, 0) is 10.8 Å². The van der Waals surface area contributed by atoms with Gasteiger partial charge in [-0.25, -0.2) is 9.97 Å². The van der Waals surface area contributed by atoms with Gasteiger partial charge < -0.3 is 0 Å². The van der Waals surface area contributed by atoms with E-state index < -0.39 is 10.8 Å². The maximum atomic E-state index is 5.23. The fraction of sp³-hybridized carbons (Fsp3) is 0.179. The van der Waals surface area contributed by atoms with Gasteiger partial charge in [-0.15, -0.1) is 22.7 Å². The fourth-order valence-corrected chi connectivity index (χ4v) is 12.7. The minimum absolute atomic E-state index is 0.483. The van der Waals surface area contributed by atoms with Gasteiger partial charge in [-0.05, 0) is 141 Å². The molecular formula is C56H46N2S2. The number of aromatic nitrogens is 2. The molecule has 2 aliphatic rings. The SMILES string of the molecule is Cc1ccc(C2(c3ccc(C)cc3)c3cc4c(cc3-c3sc(C)cc32)C(c2ccc(C)cc2)(c2ccc(C)cc2)c2cc(-c3ccc(C)c5nc(C)c(C)nc35)sc2-4)cc1. The normalized spacial score (nSPS) is 14.3. The van der Waals surface area contributed by atoms with E-state index in [9.17, 15) is 0 Å². The highest BCUT2D eigenvalue weighted by Gasteiger charge is 2.52. The van der Waals surface area contributed by atoms with Crippen LogP contribution in [0.15, 0.2) is 133 Å². The molecule has 6 aromatic carbocycles. The summed E-state index contributed by atoms with van der Waals surface area (Å²) in [6.07, 6.45) is 0. The van der Waals surface area contributed by atoms with Crippen molar-refractivity contribution < 1.29 is 0 Å². The van der Waals surface area contributed by atoms with Crippen molar-refractivity contribution in [3.63, 3.8) is 0 Å². The van der Waals surface area contributed by atoms with Crippen molar-refractivity contribution >= 4 is 33.7 Å². The van der Waals surface area contributed by atoms with Gasteiger partial charge in [-0.1, -0.05) is 131 Å². The third kappa shape index (κ3) is 5.10. The maximum absolute atomic E-state index is 5.23. The van der Waals surface area contributed by atoms with Crippen LogP contribution in [0.3, 0.4) is 0 Å². The van der Waals surface area contributed by atoms with Crippen molar-refractivity contribution in [2.24, 2.45) is 0 Å². The average Bonchev–Trinajstić information content (AvgIpc) is 3.97. The second kappa shape index (κ2) is 13.3. The molecule has 0 atom stereocenters. The number of hydrogen-bond acceptors (Lipinski definition) is 4. The second-order valence-corrected chi connectivity index (χ2v) is 19.7. The molecule has 0 radical (unpaired) electrons.